The van der Waals surface area contributed by atoms with Crippen molar-refractivity contribution in [1.82, 2.24) is 25.5 Å². The van der Waals surface area contributed by atoms with Crippen LogP contribution in [0.5, 0.6) is 0 Å². The monoisotopic (exact) mass is 410 g/mol. The Morgan fingerprint density at radius 1 is 1.00 bits per heavy atom. The first-order valence-electron chi connectivity index (χ1n) is 8.83. The number of hydrogen-bond donors (Lipinski definition) is 2. The Bertz CT molecular complexity index is 1260. The van der Waals surface area contributed by atoms with Crippen LogP contribution in [-0.4, -0.2) is 40.4 Å². The second kappa shape index (κ2) is 6.21. The minimum atomic E-state index is -3.94. The Balaban J connectivity index is 1.40. The largest absolute Gasteiger partial charge is 0.288 e. The summed E-state index contributed by atoms with van der Waals surface area (Å²) in [5, 5.41) is 13.9. The molecule has 0 unspecified atom stereocenters. The average Bonchev–Trinajstić information content (AvgIpc) is 3.36. The number of hydrogen-bond acceptors (Lipinski definition) is 7. The number of nitrogens with zero attached hydrogens (tertiary/aromatic N) is 4. The van der Waals surface area contributed by atoms with E-state index in [4.69, 9.17) is 0 Å². The number of imide groups is 1. The molecule has 1 saturated carbocycles. The number of aromatic nitrogens is 4. The van der Waals surface area contributed by atoms with Crippen LogP contribution < -0.4 is 10.0 Å². The number of anilines is 1. The summed E-state index contributed by atoms with van der Waals surface area (Å²) in [6, 6.07) is 10.8. The minimum Gasteiger partial charge on any atom is -0.288 e. The number of benzene rings is 2. The van der Waals surface area contributed by atoms with Crippen molar-refractivity contribution in [2.24, 2.45) is 0 Å². The summed E-state index contributed by atoms with van der Waals surface area (Å²) in [6.45, 7) is 0. The van der Waals surface area contributed by atoms with E-state index in [1.54, 1.807) is 28.9 Å². The lowest BCUT2D eigenvalue weighted by Crippen LogP contribution is -2.19. The minimum absolute atomic E-state index is 0.0418. The molecule has 29 heavy (non-hydrogen) atoms. The van der Waals surface area contributed by atoms with Gasteiger partial charge in [-0.15, -0.1) is 5.10 Å². The summed E-state index contributed by atoms with van der Waals surface area (Å²) < 4.78 is 29.6. The van der Waals surface area contributed by atoms with Crippen LogP contribution in [0.3, 0.4) is 0 Å². The average molecular weight is 410 g/mol. The van der Waals surface area contributed by atoms with E-state index < -0.39 is 21.8 Å². The topological polar surface area (TPSA) is 136 Å². The fraction of sp³-hybridized carbons (Fsp3) is 0.167. The standard InChI is InChI=1S/C18H14N6O4S/c25-17-14-8-7-13(9-15(14)18(26)19-17)29(27,28)21-11-3-1-10(2-4-11)16-20-22-23-24(16)12-5-6-12/h1-4,7-9,12,21H,5-6H2,(H,19,25,26). The van der Waals surface area contributed by atoms with Gasteiger partial charge < -0.3 is 0 Å². The van der Waals surface area contributed by atoms with Crippen molar-refractivity contribution < 1.29 is 18.0 Å². The zero-order chi connectivity index (χ0) is 20.2. The van der Waals surface area contributed by atoms with Crippen molar-refractivity contribution in [3.8, 4) is 11.4 Å². The third-order valence-electron chi connectivity index (χ3n) is 4.80. The Kier molecular flexibility index (Phi) is 3.74. The van der Waals surface area contributed by atoms with Gasteiger partial charge >= 0.3 is 0 Å². The van der Waals surface area contributed by atoms with Gasteiger partial charge in [0.05, 0.1) is 22.1 Å². The summed E-state index contributed by atoms with van der Waals surface area (Å²) in [6.07, 6.45) is 2.08. The molecule has 146 valence electrons. The number of sulfonamides is 1. The van der Waals surface area contributed by atoms with Crippen LogP contribution in [0.15, 0.2) is 47.4 Å². The summed E-state index contributed by atoms with van der Waals surface area (Å²) in [7, 11) is -3.94. The second-order valence-electron chi connectivity index (χ2n) is 6.85. The van der Waals surface area contributed by atoms with Crippen LogP contribution in [-0.2, 0) is 10.0 Å². The molecule has 2 amide bonds. The number of fused-ring (bicyclic) bond motifs is 1. The Labute approximate surface area is 165 Å². The first kappa shape index (κ1) is 17.5. The molecule has 3 aromatic rings. The number of amides is 2. The quantitative estimate of drug-likeness (QED) is 0.606. The first-order chi connectivity index (χ1) is 13.9. The molecule has 0 saturated heterocycles. The lowest BCUT2D eigenvalue weighted by atomic mass is 10.1. The van der Waals surface area contributed by atoms with E-state index in [0.29, 0.717) is 17.6 Å². The van der Waals surface area contributed by atoms with Gasteiger partial charge in [-0.05, 0) is 65.7 Å². The van der Waals surface area contributed by atoms with Crippen molar-refractivity contribution in [3.05, 3.63) is 53.6 Å². The van der Waals surface area contributed by atoms with Crippen LogP contribution in [0, 0.1) is 0 Å². The molecule has 0 bridgehead atoms. The molecule has 1 aliphatic carbocycles. The second-order valence-corrected chi connectivity index (χ2v) is 8.53. The molecule has 2 N–H and O–H groups in total. The van der Waals surface area contributed by atoms with Gasteiger partial charge in [0.15, 0.2) is 5.82 Å². The van der Waals surface area contributed by atoms with E-state index in [1.807, 2.05) is 0 Å². The summed E-state index contributed by atoms with van der Waals surface area (Å²) >= 11 is 0. The van der Waals surface area contributed by atoms with Gasteiger partial charge in [0, 0.05) is 11.3 Å². The smallest absolute Gasteiger partial charge is 0.261 e. The summed E-state index contributed by atoms with van der Waals surface area (Å²) in [5.74, 6) is -0.512. The fourth-order valence-electron chi connectivity index (χ4n) is 3.16. The zero-order valence-corrected chi connectivity index (χ0v) is 15.7. The van der Waals surface area contributed by atoms with E-state index in [0.717, 1.165) is 18.4 Å². The van der Waals surface area contributed by atoms with E-state index in [1.165, 1.54) is 18.2 Å². The Morgan fingerprint density at radius 3 is 2.45 bits per heavy atom. The predicted octanol–water partition coefficient (Wildman–Crippen LogP) is 1.36. The van der Waals surface area contributed by atoms with Crippen LogP contribution in [0.2, 0.25) is 0 Å². The van der Waals surface area contributed by atoms with Crippen LogP contribution in [0.4, 0.5) is 5.69 Å². The highest BCUT2D eigenvalue weighted by molar-refractivity contribution is 7.92. The van der Waals surface area contributed by atoms with Crippen LogP contribution >= 0.6 is 0 Å². The van der Waals surface area contributed by atoms with Gasteiger partial charge in [0.2, 0.25) is 0 Å². The van der Waals surface area contributed by atoms with Gasteiger partial charge in [-0.25, -0.2) is 13.1 Å². The highest BCUT2D eigenvalue weighted by atomic mass is 32.2. The SMILES string of the molecule is O=C1NC(=O)c2cc(S(=O)(=O)Nc3ccc(-c4nnnn4C4CC4)cc3)ccc21. The molecule has 2 aromatic carbocycles. The molecule has 1 fully saturated rings. The molecule has 10 nitrogen and oxygen atoms in total. The highest BCUT2D eigenvalue weighted by Crippen LogP contribution is 2.36. The zero-order valence-electron chi connectivity index (χ0n) is 14.9. The highest BCUT2D eigenvalue weighted by Gasteiger charge is 2.29. The number of rotatable bonds is 5. The molecule has 11 heteroatoms. The Hall–Kier alpha value is -3.60. The maximum absolute atomic E-state index is 12.7. The maximum atomic E-state index is 12.7. The van der Waals surface area contributed by atoms with Crippen molar-refractivity contribution in [2.75, 3.05) is 4.72 Å². The summed E-state index contributed by atoms with van der Waals surface area (Å²) in [5.41, 5.74) is 1.32. The van der Waals surface area contributed by atoms with E-state index in [-0.39, 0.29) is 16.0 Å². The van der Waals surface area contributed by atoms with Crippen LogP contribution in [0.1, 0.15) is 39.6 Å². The molecule has 1 aromatic heterocycles. The van der Waals surface area contributed by atoms with E-state index >= 15 is 0 Å². The lowest BCUT2D eigenvalue weighted by molar-refractivity contribution is 0.0879. The molecule has 2 aliphatic rings. The van der Waals surface area contributed by atoms with Gasteiger partial charge in [-0.2, -0.15) is 0 Å². The lowest BCUT2D eigenvalue weighted by Gasteiger charge is -2.09. The van der Waals surface area contributed by atoms with Gasteiger partial charge in [0.1, 0.15) is 0 Å². The molecule has 0 atom stereocenters. The normalized spacial score (nSPS) is 15.9. The fourth-order valence-corrected chi connectivity index (χ4v) is 4.25. The molecule has 0 radical (unpaired) electrons. The van der Waals surface area contributed by atoms with Crippen molar-refractivity contribution in [3.63, 3.8) is 0 Å². The summed E-state index contributed by atoms with van der Waals surface area (Å²) in [4.78, 5) is 23.3. The molecular formula is C18H14N6O4S. The van der Waals surface area contributed by atoms with Crippen molar-refractivity contribution in [2.45, 2.75) is 23.8 Å². The van der Waals surface area contributed by atoms with Gasteiger partial charge in [-0.3, -0.25) is 19.6 Å². The number of carbonyl (C=O) groups is 2. The van der Waals surface area contributed by atoms with Crippen LogP contribution in [0.25, 0.3) is 11.4 Å². The third kappa shape index (κ3) is 3.05. The van der Waals surface area contributed by atoms with Crippen molar-refractivity contribution in [1.29, 1.82) is 0 Å². The predicted molar refractivity (Wildman–Crippen MR) is 101 cm³/mol. The molecule has 2 heterocycles. The van der Waals surface area contributed by atoms with Gasteiger partial charge in [0.25, 0.3) is 21.8 Å². The molecule has 5 rings (SSSR count). The Morgan fingerprint density at radius 2 is 1.72 bits per heavy atom. The number of carbonyl (C=O) groups excluding carboxylic acids is 2. The molecule has 1 aliphatic heterocycles. The maximum Gasteiger partial charge on any atom is 0.261 e. The first-order valence-corrected chi connectivity index (χ1v) is 10.3. The van der Waals surface area contributed by atoms with E-state index in [9.17, 15) is 18.0 Å². The molecule has 0 spiro atoms. The number of tetrazole rings is 1. The van der Waals surface area contributed by atoms with Gasteiger partial charge in [-0.1, -0.05) is 0 Å². The third-order valence-corrected chi connectivity index (χ3v) is 6.18. The van der Waals surface area contributed by atoms with E-state index in [2.05, 4.69) is 25.6 Å². The van der Waals surface area contributed by atoms with Crippen molar-refractivity contribution >= 4 is 27.5 Å². The molecular weight excluding hydrogens is 396 g/mol. The number of nitrogens with one attached hydrogen (secondary N) is 2.